The molecule has 0 aromatic rings. The van der Waals surface area contributed by atoms with E-state index in [-0.39, 0.29) is 17.0 Å². The van der Waals surface area contributed by atoms with E-state index in [1.165, 1.54) is 24.8 Å². The van der Waals surface area contributed by atoms with E-state index in [2.05, 4.69) is 19.6 Å². The Hall–Kier alpha value is -1.38. The minimum absolute atomic E-state index is 0.0428. The lowest BCUT2D eigenvalue weighted by molar-refractivity contribution is -0.181. The highest BCUT2D eigenvalue weighted by Gasteiger charge is 2.79. The maximum Gasteiger partial charge on any atom is 0.306 e. The molecule has 0 N–H and O–H groups in total. The fraction of sp³-hybridized carbons (Fsp3) is 0.760. The number of hydrogen-bond donors (Lipinski definition) is 0. The van der Waals surface area contributed by atoms with Gasteiger partial charge in [0, 0.05) is 24.2 Å². The molecule has 6 unspecified atom stereocenters. The first-order valence-electron chi connectivity index (χ1n) is 11.6. The molecule has 28 heavy (non-hydrogen) atoms. The minimum atomic E-state index is -0.163. The van der Waals surface area contributed by atoms with Crippen LogP contribution in [0, 0.1) is 46.8 Å². The molecular weight excluding hydrogens is 348 g/mol. The summed E-state index contributed by atoms with van der Waals surface area (Å²) in [5, 5.41) is 0. The fourth-order valence-corrected chi connectivity index (χ4v) is 9.31. The highest BCUT2D eigenvalue weighted by Crippen LogP contribution is 2.79. The van der Waals surface area contributed by atoms with Gasteiger partial charge >= 0.3 is 5.97 Å². The lowest BCUT2D eigenvalue weighted by atomic mass is 9.45. The van der Waals surface area contributed by atoms with E-state index < -0.39 is 0 Å². The van der Waals surface area contributed by atoms with Gasteiger partial charge in [-0.15, -0.1) is 6.58 Å². The molecule has 1 saturated heterocycles. The van der Waals surface area contributed by atoms with Crippen molar-refractivity contribution in [2.75, 3.05) is 0 Å². The summed E-state index contributed by atoms with van der Waals surface area (Å²) >= 11 is 0. The van der Waals surface area contributed by atoms with Gasteiger partial charge in [0.2, 0.25) is 0 Å². The molecule has 5 fully saturated rings. The van der Waals surface area contributed by atoms with Gasteiger partial charge in [0.25, 0.3) is 0 Å². The molecule has 6 aliphatic rings. The molecule has 3 nitrogen and oxygen atoms in total. The summed E-state index contributed by atoms with van der Waals surface area (Å²) in [5.74, 6) is 4.83. The number of carbonyl (C=O) groups excluding carboxylic acids is 2. The lowest BCUT2D eigenvalue weighted by Crippen LogP contribution is -2.57. The zero-order valence-electron chi connectivity index (χ0n) is 17.0. The van der Waals surface area contributed by atoms with Crippen LogP contribution in [0.25, 0.3) is 0 Å². The van der Waals surface area contributed by atoms with Gasteiger partial charge < -0.3 is 4.74 Å². The van der Waals surface area contributed by atoms with E-state index in [1.807, 2.05) is 6.08 Å². The molecule has 150 valence electrons. The fourth-order valence-electron chi connectivity index (χ4n) is 9.31. The number of rotatable bonds is 2. The van der Waals surface area contributed by atoms with Gasteiger partial charge in [-0.05, 0) is 86.5 Å². The van der Waals surface area contributed by atoms with Crippen LogP contribution >= 0.6 is 0 Å². The Bertz CT molecular complexity index is 796. The summed E-state index contributed by atoms with van der Waals surface area (Å²) in [6.07, 6.45) is 13.4. The van der Waals surface area contributed by atoms with Gasteiger partial charge in [-0.1, -0.05) is 18.6 Å². The SMILES string of the molecule is C=CC1CC2=CC(=O)CC[C@@H]2C2CC[C@@]3(CC)C(C4CC4[C@@]34CCC(=O)O4)C12. The highest BCUT2D eigenvalue weighted by atomic mass is 16.6. The third kappa shape index (κ3) is 1.92. The van der Waals surface area contributed by atoms with Gasteiger partial charge in [-0.25, -0.2) is 0 Å². The van der Waals surface area contributed by atoms with Crippen LogP contribution in [0.3, 0.4) is 0 Å². The standard InChI is InChI=1S/C25H32O3/c1-3-14-11-15-12-16(26)5-6-17(15)18-7-9-24(4-2)23(22(14)18)19-13-20(19)25(24)10-8-21(27)28-25/h3,12,14,17-20,22-23H,1,4-11,13H2,2H3/t14?,17-,18?,19?,20?,22?,23?,24-,25-/m0/s1. The maximum absolute atomic E-state index is 12.2. The van der Waals surface area contributed by atoms with E-state index in [0.29, 0.717) is 47.7 Å². The Balaban J connectivity index is 1.44. The van der Waals surface area contributed by atoms with Crippen LogP contribution in [0.5, 0.6) is 0 Å². The third-order valence-corrected chi connectivity index (χ3v) is 10.2. The van der Waals surface area contributed by atoms with Crippen molar-refractivity contribution in [3.63, 3.8) is 0 Å². The van der Waals surface area contributed by atoms with E-state index in [9.17, 15) is 9.59 Å². The Morgan fingerprint density at radius 2 is 2.07 bits per heavy atom. The zero-order valence-corrected chi connectivity index (χ0v) is 17.0. The van der Waals surface area contributed by atoms with Crippen LogP contribution in [-0.4, -0.2) is 17.4 Å². The van der Waals surface area contributed by atoms with Crippen LogP contribution in [0.15, 0.2) is 24.3 Å². The summed E-state index contributed by atoms with van der Waals surface area (Å²) < 4.78 is 6.28. The predicted octanol–water partition coefficient (Wildman–Crippen LogP) is 4.86. The summed E-state index contributed by atoms with van der Waals surface area (Å²) in [4.78, 5) is 24.3. The number of ether oxygens (including phenoxy) is 1. The van der Waals surface area contributed by atoms with E-state index in [1.54, 1.807) is 0 Å². The molecule has 0 radical (unpaired) electrons. The quantitative estimate of drug-likeness (QED) is 0.507. The average Bonchev–Trinajstić information content (AvgIpc) is 3.34. The van der Waals surface area contributed by atoms with Gasteiger partial charge in [-0.3, -0.25) is 9.59 Å². The van der Waals surface area contributed by atoms with Crippen LogP contribution in [0.1, 0.15) is 64.7 Å². The summed E-state index contributed by atoms with van der Waals surface area (Å²) in [6, 6.07) is 0. The third-order valence-electron chi connectivity index (χ3n) is 10.2. The first kappa shape index (κ1) is 17.5. The number of esters is 1. The molecule has 6 rings (SSSR count). The van der Waals surface area contributed by atoms with Crippen molar-refractivity contribution in [2.24, 2.45) is 46.8 Å². The second kappa shape index (κ2) is 5.61. The molecule has 1 spiro atoms. The van der Waals surface area contributed by atoms with Crippen molar-refractivity contribution in [1.82, 2.24) is 0 Å². The van der Waals surface area contributed by atoms with E-state index in [0.717, 1.165) is 38.0 Å². The van der Waals surface area contributed by atoms with Crippen molar-refractivity contribution in [1.29, 1.82) is 0 Å². The minimum Gasteiger partial charge on any atom is -0.458 e. The Morgan fingerprint density at radius 1 is 1.21 bits per heavy atom. The zero-order chi connectivity index (χ0) is 19.3. The molecular formula is C25H32O3. The second-order valence-electron chi connectivity index (χ2n) is 10.6. The first-order valence-corrected chi connectivity index (χ1v) is 11.6. The Morgan fingerprint density at radius 3 is 2.79 bits per heavy atom. The van der Waals surface area contributed by atoms with Crippen molar-refractivity contribution >= 4 is 11.8 Å². The molecule has 3 heteroatoms. The number of ketones is 1. The largest absolute Gasteiger partial charge is 0.458 e. The molecule has 1 aliphatic heterocycles. The van der Waals surface area contributed by atoms with Gasteiger partial charge in [-0.2, -0.15) is 0 Å². The molecule has 0 aromatic heterocycles. The van der Waals surface area contributed by atoms with Crippen molar-refractivity contribution in [3.8, 4) is 0 Å². The van der Waals surface area contributed by atoms with Crippen molar-refractivity contribution in [2.45, 2.75) is 70.3 Å². The number of fused-ring (bicyclic) bond motifs is 9. The van der Waals surface area contributed by atoms with Crippen molar-refractivity contribution in [3.05, 3.63) is 24.3 Å². The van der Waals surface area contributed by atoms with E-state index in [4.69, 9.17) is 4.74 Å². The van der Waals surface area contributed by atoms with Gasteiger partial charge in [0.05, 0.1) is 0 Å². The monoisotopic (exact) mass is 380 g/mol. The van der Waals surface area contributed by atoms with Crippen LogP contribution in [0.4, 0.5) is 0 Å². The average molecular weight is 381 g/mol. The van der Waals surface area contributed by atoms with Gasteiger partial charge in [0.15, 0.2) is 5.78 Å². The predicted molar refractivity (Wildman–Crippen MR) is 106 cm³/mol. The maximum atomic E-state index is 12.2. The van der Waals surface area contributed by atoms with E-state index >= 15 is 0 Å². The molecule has 0 aromatic carbocycles. The molecule has 0 amide bonds. The second-order valence-corrected chi connectivity index (χ2v) is 10.6. The summed E-state index contributed by atoms with van der Waals surface area (Å²) in [6.45, 7) is 6.59. The Labute approximate surface area is 168 Å². The van der Waals surface area contributed by atoms with Crippen LogP contribution in [0.2, 0.25) is 0 Å². The number of hydrogen-bond acceptors (Lipinski definition) is 3. The first-order chi connectivity index (χ1) is 13.5. The van der Waals surface area contributed by atoms with Gasteiger partial charge in [0.1, 0.15) is 5.60 Å². The normalized spacial score (nSPS) is 53.6. The molecule has 9 atom stereocenters. The lowest BCUT2D eigenvalue weighted by Gasteiger charge is -2.60. The highest BCUT2D eigenvalue weighted by molar-refractivity contribution is 5.91. The smallest absolute Gasteiger partial charge is 0.306 e. The van der Waals surface area contributed by atoms with Crippen molar-refractivity contribution < 1.29 is 14.3 Å². The molecule has 1 heterocycles. The molecule has 5 aliphatic carbocycles. The summed E-state index contributed by atoms with van der Waals surface area (Å²) in [5.41, 5.74) is 1.43. The Kier molecular flexibility index (Phi) is 3.50. The molecule has 4 saturated carbocycles. The summed E-state index contributed by atoms with van der Waals surface area (Å²) in [7, 11) is 0. The number of carbonyl (C=O) groups is 2. The number of allylic oxidation sites excluding steroid dienone is 2. The van der Waals surface area contributed by atoms with Crippen LogP contribution in [-0.2, 0) is 14.3 Å². The van der Waals surface area contributed by atoms with Crippen LogP contribution < -0.4 is 0 Å². The topological polar surface area (TPSA) is 43.4 Å². The molecule has 0 bridgehead atoms.